The average Bonchev–Trinajstić information content (AvgIpc) is 2.89. The summed E-state index contributed by atoms with van der Waals surface area (Å²) in [4.78, 5) is 12.5. The topological polar surface area (TPSA) is 55.8 Å². The van der Waals surface area contributed by atoms with Crippen molar-refractivity contribution in [1.29, 1.82) is 0 Å². The first kappa shape index (κ1) is 15.9. The maximum Gasteiger partial charge on any atom is 0.349 e. The third kappa shape index (κ3) is 3.77. The summed E-state index contributed by atoms with van der Waals surface area (Å²) in [5.74, 6) is 0.156. The van der Waals surface area contributed by atoms with Gasteiger partial charge in [-0.1, -0.05) is 22.9 Å². The zero-order chi connectivity index (χ0) is 15.4. The number of carboxylic acids is 1. The lowest BCUT2D eigenvalue weighted by molar-refractivity contribution is 0.0697. The van der Waals surface area contributed by atoms with Crippen LogP contribution in [0, 0.1) is 0 Å². The number of ether oxygens (including phenoxy) is 2. The normalized spacial score (nSPS) is 10.4. The molecule has 0 saturated heterocycles. The van der Waals surface area contributed by atoms with Crippen molar-refractivity contribution in [2.24, 2.45) is 0 Å². The van der Waals surface area contributed by atoms with Gasteiger partial charge in [0.15, 0.2) is 4.88 Å². The average molecular weight is 371 g/mol. The standard InChI is InChI=1S/C15H15BrO4S/c1-3-11-7-13(14(21-11)15(17)18)20-8-9-6-10(16)4-5-12(9)19-2/h4-7H,3,8H2,1-2H3,(H,17,18). The van der Waals surface area contributed by atoms with Gasteiger partial charge in [0, 0.05) is 14.9 Å². The van der Waals surface area contributed by atoms with Crippen molar-refractivity contribution in [3.05, 3.63) is 44.1 Å². The zero-order valence-corrected chi connectivity index (χ0v) is 14.1. The van der Waals surface area contributed by atoms with Crippen LogP contribution in [-0.4, -0.2) is 18.2 Å². The molecule has 0 unspecified atom stereocenters. The van der Waals surface area contributed by atoms with E-state index in [1.807, 2.05) is 25.1 Å². The zero-order valence-electron chi connectivity index (χ0n) is 11.7. The minimum Gasteiger partial charge on any atom is -0.496 e. The minimum absolute atomic E-state index is 0.237. The quantitative estimate of drug-likeness (QED) is 0.820. The first-order valence-corrected chi connectivity index (χ1v) is 7.97. The SMILES string of the molecule is CCc1cc(OCc2cc(Br)ccc2OC)c(C(=O)O)s1. The van der Waals surface area contributed by atoms with Crippen LogP contribution in [0.25, 0.3) is 0 Å². The van der Waals surface area contributed by atoms with Gasteiger partial charge in [0.1, 0.15) is 18.1 Å². The van der Waals surface area contributed by atoms with Crippen molar-refractivity contribution in [2.45, 2.75) is 20.0 Å². The third-order valence-corrected chi connectivity index (χ3v) is 4.66. The van der Waals surface area contributed by atoms with Gasteiger partial charge in [-0.2, -0.15) is 0 Å². The van der Waals surface area contributed by atoms with E-state index < -0.39 is 5.97 Å². The number of rotatable bonds is 6. The summed E-state index contributed by atoms with van der Waals surface area (Å²) in [5.41, 5.74) is 0.854. The number of carbonyl (C=O) groups is 1. The second-order valence-electron chi connectivity index (χ2n) is 4.31. The highest BCUT2D eigenvalue weighted by Gasteiger charge is 2.17. The summed E-state index contributed by atoms with van der Waals surface area (Å²) in [6.45, 7) is 2.24. The highest BCUT2D eigenvalue weighted by Crippen LogP contribution is 2.31. The Morgan fingerprint density at radius 2 is 2.10 bits per heavy atom. The second-order valence-corrected chi connectivity index (χ2v) is 6.36. The molecule has 1 aromatic carbocycles. The van der Waals surface area contributed by atoms with Gasteiger partial charge in [-0.3, -0.25) is 0 Å². The Morgan fingerprint density at radius 3 is 2.71 bits per heavy atom. The molecule has 0 atom stereocenters. The number of aromatic carboxylic acids is 1. The number of benzene rings is 1. The summed E-state index contributed by atoms with van der Waals surface area (Å²) >= 11 is 4.65. The van der Waals surface area contributed by atoms with Crippen LogP contribution in [0.4, 0.5) is 0 Å². The van der Waals surface area contributed by atoms with Crippen LogP contribution < -0.4 is 9.47 Å². The van der Waals surface area contributed by atoms with Crippen molar-refractivity contribution in [3.63, 3.8) is 0 Å². The molecule has 0 spiro atoms. The Bertz CT molecular complexity index is 651. The van der Waals surface area contributed by atoms with E-state index >= 15 is 0 Å². The first-order chi connectivity index (χ1) is 10.0. The molecule has 6 heteroatoms. The van der Waals surface area contributed by atoms with E-state index in [1.165, 1.54) is 11.3 Å². The predicted octanol–water partition coefficient (Wildman–Crippen LogP) is 4.36. The van der Waals surface area contributed by atoms with Crippen LogP contribution in [0.15, 0.2) is 28.7 Å². The summed E-state index contributed by atoms with van der Waals surface area (Å²) in [7, 11) is 1.59. The van der Waals surface area contributed by atoms with Crippen LogP contribution in [-0.2, 0) is 13.0 Å². The molecular weight excluding hydrogens is 356 g/mol. The van der Waals surface area contributed by atoms with Crippen LogP contribution in [0.1, 0.15) is 27.0 Å². The molecule has 2 rings (SSSR count). The van der Waals surface area contributed by atoms with Crippen LogP contribution in [0.2, 0.25) is 0 Å². The van der Waals surface area contributed by atoms with E-state index in [-0.39, 0.29) is 11.5 Å². The lowest BCUT2D eigenvalue weighted by Gasteiger charge is -2.10. The fourth-order valence-electron chi connectivity index (χ4n) is 1.87. The van der Waals surface area contributed by atoms with E-state index in [4.69, 9.17) is 9.47 Å². The maximum absolute atomic E-state index is 11.2. The van der Waals surface area contributed by atoms with E-state index in [9.17, 15) is 9.90 Å². The molecule has 0 radical (unpaired) electrons. The lowest BCUT2D eigenvalue weighted by Crippen LogP contribution is -2.01. The number of carboxylic acid groups (broad SMARTS) is 1. The highest BCUT2D eigenvalue weighted by molar-refractivity contribution is 9.10. The fraction of sp³-hybridized carbons (Fsp3) is 0.267. The lowest BCUT2D eigenvalue weighted by atomic mass is 10.2. The van der Waals surface area contributed by atoms with E-state index in [2.05, 4.69) is 15.9 Å². The molecule has 112 valence electrons. The largest absolute Gasteiger partial charge is 0.496 e. The molecule has 1 heterocycles. The molecule has 0 saturated carbocycles. The maximum atomic E-state index is 11.2. The Hall–Kier alpha value is -1.53. The molecule has 2 aromatic rings. The summed E-state index contributed by atoms with van der Waals surface area (Å²) < 4.78 is 11.9. The van der Waals surface area contributed by atoms with Gasteiger partial charge in [-0.05, 0) is 30.7 Å². The molecule has 21 heavy (non-hydrogen) atoms. The molecule has 0 amide bonds. The number of thiophene rings is 1. The molecule has 1 N–H and O–H groups in total. The monoisotopic (exact) mass is 370 g/mol. The van der Waals surface area contributed by atoms with Gasteiger partial charge in [0.2, 0.25) is 0 Å². The van der Waals surface area contributed by atoms with E-state index in [1.54, 1.807) is 13.2 Å². The Labute approximate surface area is 135 Å². The molecule has 0 bridgehead atoms. The predicted molar refractivity (Wildman–Crippen MR) is 85.7 cm³/mol. The fourth-order valence-corrected chi connectivity index (χ4v) is 3.16. The van der Waals surface area contributed by atoms with E-state index in [0.717, 1.165) is 21.3 Å². The summed E-state index contributed by atoms with van der Waals surface area (Å²) in [5, 5.41) is 9.21. The van der Waals surface area contributed by atoms with Gasteiger partial charge >= 0.3 is 5.97 Å². The molecule has 0 aliphatic carbocycles. The van der Waals surface area contributed by atoms with Crippen molar-refractivity contribution >= 4 is 33.2 Å². The van der Waals surface area contributed by atoms with E-state index in [0.29, 0.717) is 11.5 Å². The summed E-state index contributed by atoms with van der Waals surface area (Å²) in [6.07, 6.45) is 0.786. The van der Waals surface area contributed by atoms with Crippen molar-refractivity contribution in [3.8, 4) is 11.5 Å². The highest BCUT2D eigenvalue weighted by atomic mass is 79.9. The molecule has 0 aliphatic rings. The molecule has 1 aromatic heterocycles. The molecular formula is C15H15BrO4S. The Kier molecular flexibility index (Phi) is 5.25. The van der Waals surface area contributed by atoms with Crippen LogP contribution >= 0.6 is 27.3 Å². The van der Waals surface area contributed by atoms with Gasteiger partial charge in [0.25, 0.3) is 0 Å². The Morgan fingerprint density at radius 1 is 1.33 bits per heavy atom. The molecule has 0 fully saturated rings. The second kappa shape index (κ2) is 6.95. The first-order valence-electron chi connectivity index (χ1n) is 6.36. The molecule has 4 nitrogen and oxygen atoms in total. The van der Waals surface area contributed by atoms with Crippen molar-refractivity contribution in [1.82, 2.24) is 0 Å². The van der Waals surface area contributed by atoms with Gasteiger partial charge in [-0.15, -0.1) is 11.3 Å². The van der Waals surface area contributed by atoms with Gasteiger partial charge < -0.3 is 14.6 Å². The van der Waals surface area contributed by atoms with Gasteiger partial charge in [0.05, 0.1) is 7.11 Å². The van der Waals surface area contributed by atoms with Gasteiger partial charge in [-0.25, -0.2) is 4.79 Å². The number of hydrogen-bond acceptors (Lipinski definition) is 4. The Balaban J connectivity index is 2.22. The minimum atomic E-state index is -0.962. The number of methoxy groups -OCH3 is 1. The van der Waals surface area contributed by atoms with Crippen molar-refractivity contribution in [2.75, 3.05) is 7.11 Å². The van der Waals surface area contributed by atoms with Crippen LogP contribution in [0.5, 0.6) is 11.5 Å². The smallest absolute Gasteiger partial charge is 0.349 e. The number of hydrogen-bond donors (Lipinski definition) is 1. The molecule has 0 aliphatic heterocycles. The number of halogens is 1. The number of aryl methyl sites for hydroxylation is 1. The summed E-state index contributed by atoms with van der Waals surface area (Å²) in [6, 6.07) is 7.40. The van der Waals surface area contributed by atoms with Crippen molar-refractivity contribution < 1.29 is 19.4 Å². The third-order valence-electron chi connectivity index (χ3n) is 2.92. The van der Waals surface area contributed by atoms with Crippen LogP contribution in [0.3, 0.4) is 0 Å².